The van der Waals surface area contributed by atoms with Crippen molar-refractivity contribution in [2.24, 2.45) is 0 Å². The molecule has 6 nitrogen and oxygen atoms in total. The number of carbonyl (C=O) groups is 1. The summed E-state index contributed by atoms with van der Waals surface area (Å²) in [4.78, 5) is 22.3. The lowest BCUT2D eigenvalue weighted by molar-refractivity contribution is -0.129. The van der Waals surface area contributed by atoms with Gasteiger partial charge >= 0.3 is 0 Å². The van der Waals surface area contributed by atoms with Gasteiger partial charge in [-0.15, -0.1) is 0 Å². The Morgan fingerprint density at radius 3 is 2.70 bits per heavy atom. The molecular formula is C14H23N5O. The first-order valence-corrected chi connectivity index (χ1v) is 7.11. The second-order valence-corrected chi connectivity index (χ2v) is 5.54. The summed E-state index contributed by atoms with van der Waals surface area (Å²) >= 11 is 0. The van der Waals surface area contributed by atoms with Crippen molar-refractivity contribution in [1.29, 1.82) is 0 Å². The highest BCUT2D eigenvalue weighted by molar-refractivity contribution is 5.80. The van der Waals surface area contributed by atoms with E-state index in [0.717, 1.165) is 23.5 Å². The van der Waals surface area contributed by atoms with Crippen molar-refractivity contribution in [2.75, 3.05) is 17.6 Å². The first-order chi connectivity index (χ1) is 9.42. The Morgan fingerprint density at radius 2 is 2.15 bits per heavy atom. The molecule has 1 amide bonds. The Morgan fingerprint density at radius 1 is 1.45 bits per heavy atom. The van der Waals surface area contributed by atoms with Gasteiger partial charge in [-0.2, -0.15) is 4.98 Å². The number of hydrogen-bond donors (Lipinski definition) is 2. The number of carbonyl (C=O) groups excluding carboxylic acids is 1. The van der Waals surface area contributed by atoms with Crippen molar-refractivity contribution in [1.82, 2.24) is 14.9 Å². The molecule has 2 heterocycles. The van der Waals surface area contributed by atoms with Crippen LogP contribution in [0.5, 0.6) is 0 Å². The second kappa shape index (κ2) is 5.64. The smallest absolute Gasteiger partial charge is 0.225 e. The molecule has 6 heteroatoms. The number of aryl methyl sites for hydroxylation is 1. The number of nitrogens with two attached hydrogens (primary N) is 1. The molecular weight excluding hydrogens is 254 g/mol. The van der Waals surface area contributed by atoms with E-state index in [4.69, 9.17) is 5.73 Å². The molecule has 0 aliphatic carbocycles. The van der Waals surface area contributed by atoms with Crippen LogP contribution in [0.15, 0.2) is 0 Å². The second-order valence-electron chi connectivity index (χ2n) is 5.54. The summed E-state index contributed by atoms with van der Waals surface area (Å²) in [6.45, 7) is 8.80. The van der Waals surface area contributed by atoms with E-state index in [1.807, 2.05) is 32.6 Å². The lowest BCUT2D eigenvalue weighted by atomic mass is 10.1. The maximum absolute atomic E-state index is 11.9. The SMILES string of the molecule is CCc1nc(N)nc(NC2CC(=O)N(C(C)C)C2)c1C. The zero-order valence-corrected chi connectivity index (χ0v) is 12.6. The van der Waals surface area contributed by atoms with Gasteiger partial charge in [-0.25, -0.2) is 4.98 Å². The number of amides is 1. The third-order valence-corrected chi connectivity index (χ3v) is 3.72. The average molecular weight is 277 g/mol. The van der Waals surface area contributed by atoms with Crippen LogP contribution >= 0.6 is 0 Å². The number of hydrogen-bond acceptors (Lipinski definition) is 5. The van der Waals surface area contributed by atoms with Gasteiger partial charge < -0.3 is 16.0 Å². The normalized spacial score (nSPS) is 18.9. The summed E-state index contributed by atoms with van der Waals surface area (Å²) in [5.74, 6) is 1.21. The average Bonchev–Trinajstić information content (AvgIpc) is 2.74. The van der Waals surface area contributed by atoms with E-state index in [1.54, 1.807) is 0 Å². The van der Waals surface area contributed by atoms with Crippen molar-refractivity contribution in [3.05, 3.63) is 11.3 Å². The molecule has 0 bridgehead atoms. The Balaban J connectivity index is 2.15. The van der Waals surface area contributed by atoms with Gasteiger partial charge in [0.05, 0.1) is 11.7 Å². The molecule has 0 aromatic carbocycles. The van der Waals surface area contributed by atoms with Crippen LogP contribution in [0.3, 0.4) is 0 Å². The van der Waals surface area contributed by atoms with Gasteiger partial charge in [-0.3, -0.25) is 4.79 Å². The molecule has 0 radical (unpaired) electrons. The highest BCUT2D eigenvalue weighted by atomic mass is 16.2. The molecule has 2 rings (SSSR count). The molecule has 1 atom stereocenters. The minimum Gasteiger partial charge on any atom is -0.368 e. The minimum atomic E-state index is 0.0857. The van der Waals surface area contributed by atoms with Crippen LogP contribution < -0.4 is 11.1 Å². The van der Waals surface area contributed by atoms with E-state index in [9.17, 15) is 4.79 Å². The van der Waals surface area contributed by atoms with Crippen LogP contribution in [0.4, 0.5) is 11.8 Å². The van der Waals surface area contributed by atoms with Crippen molar-refractivity contribution < 1.29 is 4.79 Å². The number of rotatable bonds is 4. The molecule has 1 aromatic rings. The number of nitrogen functional groups attached to an aromatic ring is 1. The summed E-state index contributed by atoms with van der Waals surface area (Å²) < 4.78 is 0. The predicted molar refractivity (Wildman–Crippen MR) is 79.4 cm³/mol. The monoisotopic (exact) mass is 277 g/mol. The van der Waals surface area contributed by atoms with Crippen LogP contribution in [0, 0.1) is 6.92 Å². The zero-order valence-electron chi connectivity index (χ0n) is 12.6. The van der Waals surface area contributed by atoms with Crippen molar-refractivity contribution in [3.63, 3.8) is 0 Å². The Kier molecular flexibility index (Phi) is 4.11. The van der Waals surface area contributed by atoms with Gasteiger partial charge in [0.1, 0.15) is 5.82 Å². The lowest BCUT2D eigenvalue weighted by Crippen LogP contribution is -2.34. The Bertz CT molecular complexity index is 515. The molecule has 0 spiro atoms. The highest BCUT2D eigenvalue weighted by Gasteiger charge is 2.31. The summed E-state index contributed by atoms with van der Waals surface area (Å²) in [6, 6.07) is 0.319. The van der Waals surface area contributed by atoms with E-state index in [-0.39, 0.29) is 23.9 Å². The number of aromatic nitrogens is 2. The van der Waals surface area contributed by atoms with Crippen molar-refractivity contribution >= 4 is 17.7 Å². The fraction of sp³-hybridized carbons (Fsp3) is 0.643. The van der Waals surface area contributed by atoms with E-state index in [2.05, 4.69) is 15.3 Å². The fourth-order valence-corrected chi connectivity index (χ4v) is 2.59. The summed E-state index contributed by atoms with van der Waals surface area (Å²) in [6.07, 6.45) is 1.32. The predicted octanol–water partition coefficient (Wildman–Crippen LogP) is 1.35. The first kappa shape index (κ1) is 14.6. The maximum Gasteiger partial charge on any atom is 0.225 e. The van der Waals surface area contributed by atoms with E-state index in [1.165, 1.54) is 0 Å². The molecule has 1 aliphatic rings. The van der Waals surface area contributed by atoms with Crippen LogP contribution in [0.1, 0.15) is 38.4 Å². The van der Waals surface area contributed by atoms with E-state index >= 15 is 0 Å². The lowest BCUT2D eigenvalue weighted by Gasteiger charge is -2.21. The molecule has 3 N–H and O–H groups in total. The standard InChI is InChI=1S/C14H23N5O/c1-5-11-9(4)13(18-14(15)17-11)16-10-6-12(20)19(7-10)8(2)3/h8,10H,5-7H2,1-4H3,(H3,15,16,17,18). The van der Waals surface area contributed by atoms with Gasteiger partial charge in [-0.1, -0.05) is 6.92 Å². The summed E-state index contributed by atoms with van der Waals surface area (Å²) in [7, 11) is 0. The van der Waals surface area contributed by atoms with Gasteiger partial charge in [0.2, 0.25) is 11.9 Å². The molecule has 1 saturated heterocycles. The third-order valence-electron chi connectivity index (χ3n) is 3.72. The fourth-order valence-electron chi connectivity index (χ4n) is 2.59. The largest absolute Gasteiger partial charge is 0.368 e. The molecule has 110 valence electrons. The van der Waals surface area contributed by atoms with Gasteiger partial charge in [0.25, 0.3) is 0 Å². The van der Waals surface area contributed by atoms with Gasteiger partial charge in [0, 0.05) is 24.6 Å². The number of nitrogens with one attached hydrogen (secondary N) is 1. The maximum atomic E-state index is 11.9. The zero-order chi connectivity index (χ0) is 14.9. The Hall–Kier alpha value is -1.85. The minimum absolute atomic E-state index is 0.0857. The van der Waals surface area contributed by atoms with Crippen molar-refractivity contribution in [3.8, 4) is 0 Å². The van der Waals surface area contributed by atoms with Crippen LogP contribution in [-0.4, -0.2) is 39.4 Å². The third kappa shape index (κ3) is 2.84. The number of anilines is 2. The Labute approximate surface area is 119 Å². The summed E-state index contributed by atoms with van der Waals surface area (Å²) in [5.41, 5.74) is 7.70. The van der Waals surface area contributed by atoms with Crippen LogP contribution in [-0.2, 0) is 11.2 Å². The molecule has 1 aromatic heterocycles. The van der Waals surface area contributed by atoms with Crippen molar-refractivity contribution in [2.45, 2.75) is 52.6 Å². The first-order valence-electron chi connectivity index (χ1n) is 7.11. The van der Waals surface area contributed by atoms with Gasteiger partial charge in [-0.05, 0) is 27.2 Å². The molecule has 1 aliphatic heterocycles. The molecule has 20 heavy (non-hydrogen) atoms. The molecule has 0 saturated carbocycles. The van der Waals surface area contributed by atoms with Gasteiger partial charge in [0.15, 0.2) is 0 Å². The number of nitrogens with zero attached hydrogens (tertiary/aromatic N) is 3. The molecule has 1 fully saturated rings. The highest BCUT2D eigenvalue weighted by Crippen LogP contribution is 2.22. The van der Waals surface area contributed by atoms with E-state index in [0.29, 0.717) is 13.0 Å². The molecule has 1 unspecified atom stereocenters. The topological polar surface area (TPSA) is 84.1 Å². The summed E-state index contributed by atoms with van der Waals surface area (Å²) in [5, 5.41) is 3.35. The quantitative estimate of drug-likeness (QED) is 0.868. The number of likely N-dealkylation sites (tertiary alicyclic amines) is 1. The van der Waals surface area contributed by atoms with Crippen LogP contribution in [0.2, 0.25) is 0 Å². The van der Waals surface area contributed by atoms with Crippen LogP contribution in [0.25, 0.3) is 0 Å². The van der Waals surface area contributed by atoms with E-state index < -0.39 is 0 Å².